The van der Waals surface area contributed by atoms with Gasteiger partial charge in [0.15, 0.2) is 11.6 Å². The van der Waals surface area contributed by atoms with E-state index in [0.717, 1.165) is 30.9 Å². The van der Waals surface area contributed by atoms with Gasteiger partial charge in [-0.25, -0.2) is 22.0 Å². The van der Waals surface area contributed by atoms with Crippen LogP contribution in [0.1, 0.15) is 38.2 Å². The molecule has 0 saturated carbocycles. The summed E-state index contributed by atoms with van der Waals surface area (Å²) in [6.07, 6.45) is -0.744. The molecule has 0 spiro atoms. The quantitative estimate of drug-likeness (QED) is 0.227. The first-order chi connectivity index (χ1) is 21.1. The van der Waals surface area contributed by atoms with Crippen LogP contribution in [0, 0.1) is 53.1 Å². The summed E-state index contributed by atoms with van der Waals surface area (Å²) in [6.45, 7) is 2.09. The van der Waals surface area contributed by atoms with Gasteiger partial charge in [0, 0.05) is 22.8 Å². The normalized spacial score (nSPS) is 23.2. The summed E-state index contributed by atoms with van der Waals surface area (Å²) in [5.74, 6) is -2.83. The highest BCUT2D eigenvalue weighted by Gasteiger charge is 2.46. The molecule has 12 heteroatoms. The van der Waals surface area contributed by atoms with Gasteiger partial charge in [0.2, 0.25) is 5.75 Å². The van der Waals surface area contributed by atoms with Crippen molar-refractivity contribution in [3.05, 3.63) is 100 Å². The van der Waals surface area contributed by atoms with E-state index in [4.69, 9.17) is 0 Å². The fraction of sp³-hybridized carbons (Fsp3) is 0.333. The number of alkyl halides is 6. The predicted octanol–water partition coefficient (Wildman–Crippen LogP) is 9.64. The van der Waals surface area contributed by atoms with E-state index in [1.165, 1.54) is 6.08 Å². The van der Waals surface area contributed by atoms with Crippen molar-refractivity contribution in [2.24, 2.45) is 17.8 Å². The Hall–Kier alpha value is -4.32. The summed E-state index contributed by atoms with van der Waals surface area (Å²) in [5.41, 5.74) is 0.323. The fourth-order valence-corrected chi connectivity index (χ4v) is 4.66. The van der Waals surface area contributed by atoms with E-state index in [1.54, 1.807) is 0 Å². The molecule has 0 aromatic heterocycles. The minimum atomic E-state index is -5.38. The van der Waals surface area contributed by atoms with Crippen molar-refractivity contribution in [3.8, 4) is 29.4 Å². The first-order valence-corrected chi connectivity index (χ1v) is 13.7. The predicted molar refractivity (Wildman–Crippen MR) is 145 cm³/mol. The lowest BCUT2D eigenvalue weighted by molar-refractivity contribution is -0.276. The highest BCUT2D eigenvalue weighted by molar-refractivity contribution is 5.49. The molecule has 0 aliphatic heterocycles. The standard InChI is InChI=1S/C33H24F10O2/c1-2-3-19-4-6-20(7-5-19)8-9-21-11-13-25(28(36)14-21)32(39,40)44-23-17-26(34)24(27(35)18-23)12-10-22-15-29(37)31(30(38)16-22)45-33(41,42)43/h4,6-7,11,14-19,24-26H,2-3,5,13H2,1H3. The molecule has 45 heavy (non-hydrogen) atoms. The molecule has 4 rings (SSSR count). The second-order valence-corrected chi connectivity index (χ2v) is 10.3. The molecule has 4 unspecified atom stereocenters. The van der Waals surface area contributed by atoms with Crippen LogP contribution < -0.4 is 4.74 Å². The number of hydrogen-bond donors (Lipinski definition) is 0. The van der Waals surface area contributed by atoms with Gasteiger partial charge in [0.05, 0.1) is 0 Å². The molecule has 0 amide bonds. The number of halogens is 10. The van der Waals surface area contributed by atoms with Crippen LogP contribution in [0.25, 0.3) is 0 Å². The molecule has 238 valence electrons. The molecular weight excluding hydrogens is 618 g/mol. The maximum Gasteiger partial charge on any atom is 0.573 e. The van der Waals surface area contributed by atoms with Crippen LogP contribution in [0.5, 0.6) is 5.75 Å². The van der Waals surface area contributed by atoms with Crippen molar-refractivity contribution >= 4 is 0 Å². The van der Waals surface area contributed by atoms with Gasteiger partial charge in [-0.15, -0.1) is 13.2 Å². The Morgan fingerprint density at radius 1 is 0.844 bits per heavy atom. The van der Waals surface area contributed by atoms with Gasteiger partial charge in [0.25, 0.3) is 0 Å². The van der Waals surface area contributed by atoms with E-state index in [2.05, 4.69) is 28.2 Å². The largest absolute Gasteiger partial charge is 0.573 e. The molecule has 2 nitrogen and oxygen atoms in total. The molecule has 3 aliphatic rings. The van der Waals surface area contributed by atoms with E-state index in [9.17, 15) is 43.9 Å². The lowest BCUT2D eigenvalue weighted by atomic mass is 9.92. The number of ether oxygens (including phenoxy) is 2. The third kappa shape index (κ3) is 8.87. The average molecular weight is 643 g/mol. The summed E-state index contributed by atoms with van der Waals surface area (Å²) in [4.78, 5) is 0. The first kappa shape index (κ1) is 33.6. The van der Waals surface area contributed by atoms with Crippen LogP contribution in [0.3, 0.4) is 0 Å². The van der Waals surface area contributed by atoms with Crippen molar-refractivity contribution in [1.29, 1.82) is 0 Å². The van der Waals surface area contributed by atoms with Gasteiger partial charge in [0.1, 0.15) is 35.4 Å². The maximum atomic E-state index is 14.9. The zero-order valence-electron chi connectivity index (χ0n) is 23.4. The number of hydrogen-bond acceptors (Lipinski definition) is 2. The second kappa shape index (κ2) is 13.8. The maximum absolute atomic E-state index is 14.9. The third-order valence-corrected chi connectivity index (χ3v) is 6.87. The number of benzene rings is 1. The molecule has 0 saturated heterocycles. The lowest BCUT2D eigenvalue weighted by Crippen LogP contribution is -2.33. The van der Waals surface area contributed by atoms with Crippen molar-refractivity contribution in [2.45, 2.75) is 51.2 Å². The lowest BCUT2D eigenvalue weighted by Gasteiger charge is -2.28. The molecule has 0 radical (unpaired) electrons. The Morgan fingerprint density at radius 3 is 2.09 bits per heavy atom. The van der Waals surface area contributed by atoms with Crippen LogP contribution in [0.4, 0.5) is 43.9 Å². The van der Waals surface area contributed by atoms with Gasteiger partial charge in [-0.3, -0.25) is 0 Å². The zero-order valence-corrected chi connectivity index (χ0v) is 23.4. The van der Waals surface area contributed by atoms with E-state index in [-0.39, 0.29) is 5.57 Å². The highest BCUT2D eigenvalue weighted by Crippen LogP contribution is 2.41. The Kier molecular flexibility index (Phi) is 10.3. The number of rotatable bonds is 6. The first-order valence-electron chi connectivity index (χ1n) is 13.7. The van der Waals surface area contributed by atoms with Crippen LogP contribution in [0.2, 0.25) is 0 Å². The van der Waals surface area contributed by atoms with Crippen LogP contribution >= 0.6 is 0 Å². The molecule has 0 N–H and O–H groups in total. The summed E-state index contributed by atoms with van der Waals surface area (Å²) in [6, 6.07) is 0.703. The fourth-order valence-electron chi connectivity index (χ4n) is 4.66. The Morgan fingerprint density at radius 2 is 1.51 bits per heavy atom. The van der Waals surface area contributed by atoms with Gasteiger partial charge < -0.3 is 9.47 Å². The average Bonchev–Trinajstić information content (AvgIpc) is 2.93. The van der Waals surface area contributed by atoms with Crippen molar-refractivity contribution in [3.63, 3.8) is 0 Å². The minimum absolute atomic E-state index is 0.180. The van der Waals surface area contributed by atoms with E-state index >= 15 is 0 Å². The van der Waals surface area contributed by atoms with Gasteiger partial charge >= 0.3 is 12.5 Å². The monoisotopic (exact) mass is 642 g/mol. The Bertz CT molecular complexity index is 1600. The molecule has 3 aliphatic carbocycles. The van der Waals surface area contributed by atoms with Crippen molar-refractivity contribution in [1.82, 2.24) is 0 Å². The molecule has 0 bridgehead atoms. The van der Waals surface area contributed by atoms with E-state index in [0.29, 0.717) is 30.2 Å². The molecule has 1 aromatic carbocycles. The smallest absolute Gasteiger partial charge is 0.432 e. The van der Waals surface area contributed by atoms with Crippen LogP contribution in [0.15, 0.2) is 83.2 Å². The molecule has 4 atom stereocenters. The minimum Gasteiger partial charge on any atom is -0.432 e. The van der Waals surface area contributed by atoms with Crippen molar-refractivity contribution < 1.29 is 53.4 Å². The summed E-state index contributed by atoms with van der Waals surface area (Å²) >= 11 is 0. The molecule has 1 aromatic rings. The third-order valence-electron chi connectivity index (χ3n) is 6.87. The zero-order chi connectivity index (χ0) is 32.9. The SMILES string of the molecule is CCCC1C=CC(C#CC2=CCC(C(F)(F)OC3=CC(F)C(C#Cc4cc(F)c(OC(F)(F)F)c(F)c4)C(F)=C3)C(F)=C2)=CC1. The highest BCUT2D eigenvalue weighted by atomic mass is 19.4. The summed E-state index contributed by atoms with van der Waals surface area (Å²) in [7, 11) is 0. The Labute approximate surface area is 252 Å². The number of allylic oxidation sites excluding steroid dienone is 10. The van der Waals surface area contributed by atoms with Crippen LogP contribution in [-0.4, -0.2) is 18.6 Å². The molecule has 0 fully saturated rings. The van der Waals surface area contributed by atoms with E-state index in [1.807, 2.05) is 30.1 Å². The van der Waals surface area contributed by atoms with Gasteiger partial charge in [-0.2, -0.15) is 8.78 Å². The van der Waals surface area contributed by atoms with Crippen molar-refractivity contribution in [2.75, 3.05) is 0 Å². The van der Waals surface area contributed by atoms with Crippen LogP contribution in [-0.2, 0) is 4.74 Å². The molecular formula is C33H24F10O2. The van der Waals surface area contributed by atoms with Gasteiger partial charge in [-0.1, -0.05) is 61.3 Å². The van der Waals surface area contributed by atoms with E-state index < -0.39 is 77.3 Å². The molecule has 0 heterocycles. The topological polar surface area (TPSA) is 18.5 Å². The second-order valence-electron chi connectivity index (χ2n) is 10.3. The summed E-state index contributed by atoms with van der Waals surface area (Å²) in [5, 5.41) is 0. The summed E-state index contributed by atoms with van der Waals surface area (Å²) < 4.78 is 146. The van der Waals surface area contributed by atoms with Gasteiger partial charge in [-0.05, 0) is 49.5 Å². The Balaban J connectivity index is 1.40.